The van der Waals surface area contributed by atoms with Crippen LogP contribution in [0.4, 0.5) is 10.7 Å². The highest BCUT2D eigenvalue weighted by Crippen LogP contribution is 2.34. The molecule has 2 aromatic rings. The molecule has 0 fully saturated rings. The monoisotopic (exact) mass is 388 g/mol. The van der Waals surface area contributed by atoms with Gasteiger partial charge < -0.3 is 15.4 Å². The van der Waals surface area contributed by atoms with Gasteiger partial charge in [-0.2, -0.15) is 0 Å². The number of carbonyl (C=O) groups is 3. The van der Waals surface area contributed by atoms with Gasteiger partial charge >= 0.3 is 5.97 Å². The molecule has 1 amide bonds. The number of amides is 1. The first-order valence-corrected chi connectivity index (χ1v) is 9.63. The number of hydrogen-bond donors (Lipinski definition) is 2. The molecule has 0 saturated heterocycles. The summed E-state index contributed by atoms with van der Waals surface area (Å²) in [6.07, 6.45) is 0.677. The molecule has 144 valence electrons. The van der Waals surface area contributed by atoms with Crippen LogP contribution in [0.15, 0.2) is 24.3 Å². The molecule has 1 aromatic heterocycles. The highest BCUT2D eigenvalue weighted by Gasteiger charge is 2.23. The second-order valence-electron chi connectivity index (χ2n) is 5.92. The van der Waals surface area contributed by atoms with Crippen molar-refractivity contribution in [2.45, 2.75) is 34.1 Å². The smallest absolute Gasteiger partial charge is 0.341 e. The Bertz CT molecular complexity index is 858. The van der Waals surface area contributed by atoms with Gasteiger partial charge in [0, 0.05) is 16.1 Å². The number of Topliss-reactive ketones (excluding diaryl/α,β-unsaturated/α-hetero) is 1. The van der Waals surface area contributed by atoms with Crippen LogP contribution < -0.4 is 10.6 Å². The van der Waals surface area contributed by atoms with E-state index < -0.39 is 5.97 Å². The number of benzene rings is 1. The number of esters is 1. The third-order valence-electron chi connectivity index (χ3n) is 4.04. The van der Waals surface area contributed by atoms with E-state index in [1.807, 2.05) is 13.8 Å². The molecule has 2 N–H and O–H groups in total. The van der Waals surface area contributed by atoms with Gasteiger partial charge in [-0.1, -0.05) is 19.1 Å². The van der Waals surface area contributed by atoms with Crippen LogP contribution >= 0.6 is 11.3 Å². The molecule has 1 aromatic carbocycles. The van der Waals surface area contributed by atoms with Gasteiger partial charge in [-0.25, -0.2) is 4.79 Å². The van der Waals surface area contributed by atoms with Gasteiger partial charge in [-0.3, -0.25) is 9.59 Å². The normalized spacial score (nSPS) is 10.4. The molecule has 6 nitrogen and oxygen atoms in total. The van der Waals surface area contributed by atoms with E-state index in [-0.39, 0.29) is 24.8 Å². The molecule has 0 aliphatic carbocycles. The first kappa shape index (κ1) is 20.6. The number of ether oxygens (including phenoxy) is 1. The highest BCUT2D eigenvalue weighted by molar-refractivity contribution is 7.16. The Hall–Kier alpha value is -2.67. The van der Waals surface area contributed by atoms with Crippen LogP contribution in [0.2, 0.25) is 0 Å². The number of nitrogens with one attached hydrogen (secondary N) is 2. The van der Waals surface area contributed by atoms with E-state index in [1.165, 1.54) is 18.3 Å². The Balaban J connectivity index is 2.15. The van der Waals surface area contributed by atoms with E-state index in [4.69, 9.17) is 4.74 Å². The standard InChI is InChI=1S/C20H24N2O4S/c1-5-14-13(4)27-19(18(14)20(25)26-6-2)22-17(24)11-21-16-10-8-7-9-15(16)12(3)23/h7-10,21H,5-6,11H2,1-4H3,(H,22,24). The molecule has 0 spiro atoms. The average molecular weight is 388 g/mol. The number of rotatable bonds is 8. The minimum Gasteiger partial charge on any atom is -0.462 e. The van der Waals surface area contributed by atoms with Gasteiger partial charge in [0.2, 0.25) is 5.91 Å². The summed E-state index contributed by atoms with van der Waals surface area (Å²) in [7, 11) is 0. The van der Waals surface area contributed by atoms with Gasteiger partial charge in [0.1, 0.15) is 5.00 Å². The zero-order chi connectivity index (χ0) is 20.0. The molecule has 0 aliphatic rings. The lowest BCUT2D eigenvalue weighted by Gasteiger charge is -2.11. The van der Waals surface area contributed by atoms with Crippen molar-refractivity contribution in [3.63, 3.8) is 0 Å². The largest absolute Gasteiger partial charge is 0.462 e. The molecule has 0 atom stereocenters. The van der Waals surface area contributed by atoms with Crippen molar-refractivity contribution in [3.05, 3.63) is 45.8 Å². The topological polar surface area (TPSA) is 84.5 Å². The van der Waals surface area contributed by atoms with E-state index in [9.17, 15) is 14.4 Å². The molecule has 7 heteroatoms. The Labute approximate surface area is 162 Å². The molecule has 0 bridgehead atoms. The van der Waals surface area contributed by atoms with Crippen molar-refractivity contribution < 1.29 is 19.1 Å². The zero-order valence-electron chi connectivity index (χ0n) is 16.0. The van der Waals surface area contributed by atoms with Crippen LogP contribution in [0.3, 0.4) is 0 Å². The van der Waals surface area contributed by atoms with Crippen LogP contribution in [0.1, 0.15) is 51.9 Å². The number of para-hydroxylation sites is 1. The molecule has 2 rings (SSSR count). The van der Waals surface area contributed by atoms with Crippen LogP contribution in [-0.4, -0.2) is 30.8 Å². The number of carbonyl (C=O) groups excluding carboxylic acids is 3. The molecule has 0 saturated carbocycles. The van der Waals surface area contributed by atoms with Crippen molar-refractivity contribution in [2.24, 2.45) is 0 Å². The fourth-order valence-corrected chi connectivity index (χ4v) is 3.95. The van der Waals surface area contributed by atoms with Crippen molar-refractivity contribution in [3.8, 4) is 0 Å². The summed E-state index contributed by atoms with van der Waals surface area (Å²) >= 11 is 1.36. The second-order valence-corrected chi connectivity index (χ2v) is 7.14. The summed E-state index contributed by atoms with van der Waals surface area (Å²) in [6, 6.07) is 7.02. The number of ketones is 1. The van der Waals surface area contributed by atoms with Crippen molar-refractivity contribution >= 4 is 39.7 Å². The number of hydrogen-bond acceptors (Lipinski definition) is 6. The van der Waals surface area contributed by atoms with Gasteiger partial charge in [0.15, 0.2) is 5.78 Å². The zero-order valence-corrected chi connectivity index (χ0v) is 16.8. The summed E-state index contributed by atoms with van der Waals surface area (Å²) in [5.74, 6) is -0.809. The summed E-state index contributed by atoms with van der Waals surface area (Å²) in [5, 5.41) is 6.27. The first-order chi connectivity index (χ1) is 12.9. The minimum absolute atomic E-state index is 0.0229. The Morgan fingerprint density at radius 2 is 1.85 bits per heavy atom. The maximum Gasteiger partial charge on any atom is 0.341 e. The van der Waals surface area contributed by atoms with Gasteiger partial charge in [-0.15, -0.1) is 11.3 Å². The number of anilines is 2. The summed E-state index contributed by atoms with van der Waals surface area (Å²) in [6.45, 7) is 7.36. The van der Waals surface area contributed by atoms with E-state index in [0.717, 1.165) is 10.4 Å². The van der Waals surface area contributed by atoms with Gasteiger partial charge in [-0.05, 0) is 44.9 Å². The fourth-order valence-electron chi connectivity index (χ4n) is 2.80. The predicted octanol–water partition coefficient (Wildman–Crippen LogP) is 4.05. The maximum absolute atomic E-state index is 12.4. The Morgan fingerprint density at radius 1 is 1.15 bits per heavy atom. The van der Waals surface area contributed by atoms with Crippen molar-refractivity contribution in [1.82, 2.24) is 0 Å². The molecule has 0 radical (unpaired) electrons. The minimum atomic E-state index is -0.427. The average Bonchev–Trinajstić information content (AvgIpc) is 2.95. The first-order valence-electron chi connectivity index (χ1n) is 8.82. The van der Waals surface area contributed by atoms with Crippen molar-refractivity contribution in [1.29, 1.82) is 0 Å². The van der Waals surface area contributed by atoms with E-state index in [1.54, 1.807) is 31.2 Å². The lowest BCUT2D eigenvalue weighted by Crippen LogP contribution is -2.23. The lowest BCUT2D eigenvalue weighted by molar-refractivity contribution is -0.114. The van der Waals surface area contributed by atoms with E-state index >= 15 is 0 Å². The molecule has 1 heterocycles. The molecular formula is C20H24N2O4S. The summed E-state index contributed by atoms with van der Waals surface area (Å²) in [4.78, 5) is 37.4. The molecule has 27 heavy (non-hydrogen) atoms. The Kier molecular flexibility index (Phi) is 7.12. The maximum atomic E-state index is 12.4. The van der Waals surface area contributed by atoms with Crippen LogP contribution in [0.25, 0.3) is 0 Å². The van der Waals surface area contributed by atoms with Gasteiger partial charge in [0.05, 0.1) is 18.7 Å². The predicted molar refractivity (Wildman–Crippen MR) is 108 cm³/mol. The number of aryl methyl sites for hydroxylation is 1. The summed E-state index contributed by atoms with van der Waals surface area (Å²) < 4.78 is 5.14. The lowest BCUT2D eigenvalue weighted by atomic mass is 10.1. The molecule has 0 aliphatic heterocycles. The highest BCUT2D eigenvalue weighted by atomic mass is 32.1. The quantitative estimate of drug-likeness (QED) is 0.526. The SMILES string of the molecule is CCOC(=O)c1c(NC(=O)CNc2ccccc2C(C)=O)sc(C)c1CC. The number of thiophene rings is 1. The van der Waals surface area contributed by atoms with E-state index in [2.05, 4.69) is 10.6 Å². The third-order valence-corrected chi connectivity index (χ3v) is 5.10. The van der Waals surface area contributed by atoms with Crippen LogP contribution in [-0.2, 0) is 16.0 Å². The van der Waals surface area contributed by atoms with Crippen molar-refractivity contribution in [2.75, 3.05) is 23.8 Å². The molecular weight excluding hydrogens is 364 g/mol. The van der Waals surface area contributed by atoms with E-state index in [0.29, 0.717) is 28.2 Å². The molecule has 0 unspecified atom stereocenters. The van der Waals surface area contributed by atoms with Crippen LogP contribution in [0, 0.1) is 6.92 Å². The second kappa shape index (κ2) is 9.32. The van der Waals surface area contributed by atoms with Gasteiger partial charge in [0.25, 0.3) is 0 Å². The fraction of sp³-hybridized carbons (Fsp3) is 0.350. The Morgan fingerprint density at radius 3 is 2.48 bits per heavy atom. The third kappa shape index (κ3) is 4.95. The van der Waals surface area contributed by atoms with Crippen LogP contribution in [0.5, 0.6) is 0 Å². The summed E-state index contributed by atoms with van der Waals surface area (Å²) in [5.41, 5.74) is 2.45.